The Balaban J connectivity index is 2.69. The molecule has 0 aliphatic heterocycles. The zero-order valence-corrected chi connectivity index (χ0v) is 8.44. The average molecular weight is 204 g/mol. The van der Waals surface area contributed by atoms with Gasteiger partial charge in [-0.25, -0.2) is 0 Å². The lowest BCUT2D eigenvalue weighted by Crippen LogP contribution is -2.01. The van der Waals surface area contributed by atoms with Crippen LogP contribution >= 0.6 is 23.2 Å². The van der Waals surface area contributed by atoms with Gasteiger partial charge >= 0.3 is 0 Å². The van der Waals surface area contributed by atoms with Crippen LogP contribution in [0.15, 0.2) is 18.5 Å². The Morgan fingerprint density at radius 3 is 2.92 bits per heavy atom. The molecule has 0 amide bonds. The van der Waals surface area contributed by atoms with Crippen LogP contribution < -0.4 is 0 Å². The highest BCUT2D eigenvalue weighted by Gasteiger charge is 2.04. The van der Waals surface area contributed by atoms with E-state index in [1.54, 1.807) is 12.4 Å². The summed E-state index contributed by atoms with van der Waals surface area (Å²) in [4.78, 5) is 3.91. The van der Waals surface area contributed by atoms with Crippen molar-refractivity contribution in [2.45, 2.75) is 13.3 Å². The van der Waals surface area contributed by atoms with E-state index in [2.05, 4.69) is 11.9 Å². The van der Waals surface area contributed by atoms with Gasteiger partial charge < -0.3 is 0 Å². The zero-order chi connectivity index (χ0) is 8.97. The van der Waals surface area contributed by atoms with Crippen LogP contribution in [-0.4, -0.2) is 10.9 Å². The molecule has 1 aromatic rings. The first-order valence-corrected chi connectivity index (χ1v) is 4.79. The molecule has 0 N–H and O–H groups in total. The van der Waals surface area contributed by atoms with Crippen molar-refractivity contribution in [3.8, 4) is 0 Å². The van der Waals surface area contributed by atoms with Crippen LogP contribution in [0.3, 0.4) is 0 Å². The van der Waals surface area contributed by atoms with E-state index in [1.807, 2.05) is 6.07 Å². The van der Waals surface area contributed by atoms with Crippen LogP contribution in [0.2, 0.25) is 5.02 Å². The van der Waals surface area contributed by atoms with Gasteiger partial charge in [-0.1, -0.05) is 18.5 Å². The highest BCUT2D eigenvalue weighted by atomic mass is 35.5. The van der Waals surface area contributed by atoms with Crippen molar-refractivity contribution in [3.63, 3.8) is 0 Å². The molecule has 0 fully saturated rings. The number of nitrogens with zero attached hydrogens (tertiary/aromatic N) is 1. The molecule has 0 saturated carbocycles. The number of halogens is 2. The van der Waals surface area contributed by atoms with Gasteiger partial charge in [0.1, 0.15) is 0 Å². The van der Waals surface area contributed by atoms with Gasteiger partial charge in [-0.15, -0.1) is 11.6 Å². The monoisotopic (exact) mass is 203 g/mol. The lowest BCUT2D eigenvalue weighted by atomic mass is 10.0. The number of alkyl halides is 1. The van der Waals surface area contributed by atoms with Crippen molar-refractivity contribution >= 4 is 23.2 Å². The Labute approximate surface area is 82.7 Å². The van der Waals surface area contributed by atoms with Gasteiger partial charge in [-0.3, -0.25) is 4.98 Å². The first-order chi connectivity index (χ1) is 5.74. The second-order valence-electron chi connectivity index (χ2n) is 2.93. The Hall–Kier alpha value is -0.270. The van der Waals surface area contributed by atoms with Crippen molar-refractivity contribution < 1.29 is 0 Å². The minimum atomic E-state index is 0.464. The van der Waals surface area contributed by atoms with Crippen LogP contribution in [0.1, 0.15) is 12.5 Å². The lowest BCUT2D eigenvalue weighted by Gasteiger charge is -2.07. The van der Waals surface area contributed by atoms with Crippen molar-refractivity contribution in [1.82, 2.24) is 4.98 Å². The third-order valence-corrected chi connectivity index (χ3v) is 2.56. The van der Waals surface area contributed by atoms with E-state index >= 15 is 0 Å². The summed E-state index contributed by atoms with van der Waals surface area (Å²) < 4.78 is 0. The molecule has 0 radical (unpaired) electrons. The summed E-state index contributed by atoms with van der Waals surface area (Å²) in [6.07, 6.45) is 4.34. The maximum atomic E-state index is 5.92. The van der Waals surface area contributed by atoms with Crippen LogP contribution in [-0.2, 0) is 6.42 Å². The summed E-state index contributed by atoms with van der Waals surface area (Å²) in [6, 6.07) is 1.94. The minimum absolute atomic E-state index is 0.464. The fraction of sp³-hybridized carbons (Fsp3) is 0.444. The van der Waals surface area contributed by atoms with Crippen LogP contribution in [0.4, 0.5) is 0 Å². The summed E-state index contributed by atoms with van der Waals surface area (Å²) in [7, 11) is 0. The molecule has 1 nitrogen and oxygen atoms in total. The Morgan fingerprint density at radius 2 is 2.33 bits per heavy atom. The molecule has 1 atom stereocenters. The minimum Gasteiger partial charge on any atom is -0.263 e. The van der Waals surface area contributed by atoms with Gasteiger partial charge in [0, 0.05) is 18.3 Å². The highest BCUT2D eigenvalue weighted by molar-refractivity contribution is 6.31. The number of aromatic nitrogens is 1. The predicted octanol–water partition coefficient (Wildman–Crippen LogP) is 3.15. The zero-order valence-electron chi connectivity index (χ0n) is 6.93. The molecule has 3 heteroatoms. The van der Waals surface area contributed by atoms with Gasteiger partial charge in [0.2, 0.25) is 0 Å². The molecule has 0 saturated heterocycles. The van der Waals surface area contributed by atoms with Gasteiger partial charge in [0.15, 0.2) is 0 Å². The molecule has 0 spiro atoms. The molecule has 66 valence electrons. The molecule has 1 aromatic heterocycles. The normalized spacial score (nSPS) is 12.9. The maximum absolute atomic E-state index is 5.92. The van der Waals surface area contributed by atoms with Gasteiger partial charge in [0.25, 0.3) is 0 Å². The van der Waals surface area contributed by atoms with E-state index in [0.29, 0.717) is 11.8 Å². The predicted molar refractivity (Wildman–Crippen MR) is 52.8 cm³/mol. The van der Waals surface area contributed by atoms with E-state index in [4.69, 9.17) is 23.2 Å². The van der Waals surface area contributed by atoms with E-state index in [0.717, 1.165) is 17.0 Å². The highest BCUT2D eigenvalue weighted by Crippen LogP contribution is 2.17. The van der Waals surface area contributed by atoms with E-state index in [9.17, 15) is 0 Å². The first-order valence-electron chi connectivity index (χ1n) is 3.88. The van der Waals surface area contributed by atoms with Crippen LogP contribution in [0, 0.1) is 5.92 Å². The Morgan fingerprint density at radius 1 is 1.58 bits per heavy atom. The first kappa shape index (κ1) is 9.82. The topological polar surface area (TPSA) is 12.9 Å². The Bertz CT molecular complexity index is 250. The van der Waals surface area contributed by atoms with Gasteiger partial charge in [0.05, 0.1) is 5.02 Å². The van der Waals surface area contributed by atoms with Crippen molar-refractivity contribution in [2.24, 2.45) is 5.92 Å². The van der Waals surface area contributed by atoms with Gasteiger partial charge in [-0.2, -0.15) is 0 Å². The largest absolute Gasteiger partial charge is 0.263 e. The summed E-state index contributed by atoms with van der Waals surface area (Å²) in [5.74, 6) is 1.13. The number of rotatable bonds is 3. The second-order valence-corrected chi connectivity index (χ2v) is 3.65. The SMILES string of the molecule is CC(CCl)Cc1ccncc1Cl. The Kier molecular flexibility index (Phi) is 3.83. The molecule has 12 heavy (non-hydrogen) atoms. The fourth-order valence-corrected chi connectivity index (χ4v) is 1.31. The molecular formula is C9H11Cl2N. The molecule has 1 unspecified atom stereocenters. The average Bonchev–Trinajstić information content (AvgIpc) is 2.09. The van der Waals surface area contributed by atoms with Crippen molar-refractivity contribution in [1.29, 1.82) is 0 Å². The maximum Gasteiger partial charge on any atom is 0.0621 e. The lowest BCUT2D eigenvalue weighted by molar-refractivity contribution is 0.654. The summed E-state index contributed by atoms with van der Waals surface area (Å²) >= 11 is 11.6. The third kappa shape index (κ3) is 2.65. The molecule has 1 rings (SSSR count). The van der Waals surface area contributed by atoms with Gasteiger partial charge in [-0.05, 0) is 24.0 Å². The molecule has 1 heterocycles. The van der Waals surface area contributed by atoms with E-state index in [1.165, 1.54) is 0 Å². The van der Waals surface area contributed by atoms with E-state index in [-0.39, 0.29) is 0 Å². The number of pyridine rings is 1. The summed E-state index contributed by atoms with van der Waals surface area (Å²) in [6.45, 7) is 2.10. The number of hydrogen-bond donors (Lipinski definition) is 0. The molecule has 0 bridgehead atoms. The van der Waals surface area contributed by atoms with Crippen molar-refractivity contribution in [2.75, 3.05) is 5.88 Å². The second kappa shape index (κ2) is 4.68. The third-order valence-electron chi connectivity index (χ3n) is 1.69. The number of hydrogen-bond acceptors (Lipinski definition) is 1. The summed E-state index contributed by atoms with van der Waals surface area (Å²) in [5, 5.41) is 0.731. The van der Waals surface area contributed by atoms with E-state index < -0.39 is 0 Å². The van der Waals surface area contributed by atoms with Crippen LogP contribution in [0.25, 0.3) is 0 Å². The molecule has 0 aliphatic rings. The molecule has 0 aliphatic carbocycles. The molecular weight excluding hydrogens is 193 g/mol. The smallest absolute Gasteiger partial charge is 0.0621 e. The van der Waals surface area contributed by atoms with Crippen LogP contribution in [0.5, 0.6) is 0 Å². The van der Waals surface area contributed by atoms with Crippen molar-refractivity contribution in [3.05, 3.63) is 29.0 Å². The standard InChI is InChI=1S/C9H11Cl2N/c1-7(5-10)4-8-2-3-12-6-9(8)11/h2-3,6-7H,4-5H2,1H3. The fourth-order valence-electron chi connectivity index (χ4n) is 1.000. The summed E-state index contributed by atoms with van der Waals surface area (Å²) in [5.41, 5.74) is 1.12. The quantitative estimate of drug-likeness (QED) is 0.689. The molecule has 0 aromatic carbocycles.